The SMILES string of the molecule is CCc1cccc(CC)c1N1CC1C#N. The summed E-state index contributed by atoms with van der Waals surface area (Å²) >= 11 is 0. The fourth-order valence-corrected chi connectivity index (χ4v) is 2.08. The lowest BCUT2D eigenvalue weighted by Crippen LogP contribution is -2.04. The van der Waals surface area contributed by atoms with E-state index in [-0.39, 0.29) is 6.04 Å². The molecule has 1 aliphatic heterocycles. The lowest BCUT2D eigenvalue weighted by atomic mass is 10.0. The van der Waals surface area contributed by atoms with Crippen molar-refractivity contribution in [3.05, 3.63) is 29.3 Å². The molecule has 0 aromatic heterocycles. The van der Waals surface area contributed by atoms with Gasteiger partial charge < -0.3 is 4.90 Å². The van der Waals surface area contributed by atoms with Gasteiger partial charge in [0.05, 0.1) is 12.6 Å². The minimum absolute atomic E-state index is 0.114. The second-order valence-electron chi connectivity index (χ2n) is 3.93. The van der Waals surface area contributed by atoms with Crippen LogP contribution in [-0.4, -0.2) is 12.6 Å². The number of nitriles is 1. The van der Waals surface area contributed by atoms with Crippen molar-refractivity contribution in [1.82, 2.24) is 0 Å². The average molecular weight is 200 g/mol. The zero-order valence-electron chi connectivity index (χ0n) is 9.33. The maximum atomic E-state index is 8.87. The molecule has 78 valence electrons. The van der Waals surface area contributed by atoms with E-state index < -0.39 is 0 Å². The summed E-state index contributed by atoms with van der Waals surface area (Å²) in [4.78, 5) is 2.21. The van der Waals surface area contributed by atoms with Gasteiger partial charge in [-0.05, 0) is 24.0 Å². The number of hydrogen-bond donors (Lipinski definition) is 0. The van der Waals surface area contributed by atoms with Gasteiger partial charge in [-0.2, -0.15) is 5.26 Å². The maximum absolute atomic E-state index is 8.87. The van der Waals surface area contributed by atoms with E-state index in [2.05, 4.69) is 43.0 Å². The van der Waals surface area contributed by atoms with Gasteiger partial charge in [0.2, 0.25) is 0 Å². The highest BCUT2D eigenvalue weighted by Gasteiger charge is 2.36. The second-order valence-corrected chi connectivity index (χ2v) is 3.93. The zero-order chi connectivity index (χ0) is 10.8. The summed E-state index contributed by atoms with van der Waals surface area (Å²) in [6, 6.07) is 8.88. The van der Waals surface area contributed by atoms with Crippen LogP contribution in [0.15, 0.2) is 18.2 Å². The Morgan fingerprint density at radius 2 is 1.93 bits per heavy atom. The van der Waals surface area contributed by atoms with Gasteiger partial charge in [0.15, 0.2) is 0 Å². The molecule has 2 rings (SSSR count). The molecule has 1 heterocycles. The first-order valence-electron chi connectivity index (χ1n) is 5.58. The Morgan fingerprint density at radius 3 is 2.33 bits per heavy atom. The molecule has 1 fully saturated rings. The molecule has 0 saturated carbocycles. The summed E-state index contributed by atoms with van der Waals surface area (Å²) in [5, 5.41) is 8.87. The van der Waals surface area contributed by atoms with E-state index in [1.165, 1.54) is 16.8 Å². The monoisotopic (exact) mass is 200 g/mol. The molecule has 0 aliphatic carbocycles. The minimum Gasteiger partial charge on any atom is -0.351 e. The molecular weight excluding hydrogens is 184 g/mol. The van der Waals surface area contributed by atoms with Crippen LogP contribution in [0, 0.1) is 11.3 Å². The highest BCUT2D eigenvalue weighted by atomic mass is 15.3. The normalized spacial score (nSPS) is 18.7. The highest BCUT2D eigenvalue weighted by molar-refractivity contribution is 5.66. The minimum atomic E-state index is 0.114. The second kappa shape index (κ2) is 3.94. The van der Waals surface area contributed by atoms with E-state index in [4.69, 9.17) is 5.26 Å². The summed E-state index contributed by atoms with van der Waals surface area (Å²) in [5.41, 5.74) is 4.05. The quantitative estimate of drug-likeness (QED) is 0.701. The molecular formula is C13H16N2. The lowest BCUT2D eigenvalue weighted by molar-refractivity contribution is 1.06. The van der Waals surface area contributed by atoms with E-state index in [0.717, 1.165) is 19.4 Å². The zero-order valence-corrected chi connectivity index (χ0v) is 9.33. The van der Waals surface area contributed by atoms with E-state index in [1.54, 1.807) is 0 Å². The summed E-state index contributed by atoms with van der Waals surface area (Å²) in [6.45, 7) is 5.24. The van der Waals surface area contributed by atoms with E-state index >= 15 is 0 Å². The Labute approximate surface area is 91.1 Å². The smallest absolute Gasteiger partial charge is 0.134 e. The van der Waals surface area contributed by atoms with Crippen LogP contribution in [0.1, 0.15) is 25.0 Å². The van der Waals surface area contributed by atoms with Gasteiger partial charge in [0.1, 0.15) is 6.04 Å². The van der Waals surface area contributed by atoms with Crippen molar-refractivity contribution in [2.45, 2.75) is 32.7 Å². The van der Waals surface area contributed by atoms with Crippen molar-refractivity contribution >= 4 is 5.69 Å². The third kappa shape index (κ3) is 1.70. The maximum Gasteiger partial charge on any atom is 0.134 e. The van der Waals surface area contributed by atoms with E-state index in [0.29, 0.717) is 0 Å². The van der Waals surface area contributed by atoms with Crippen LogP contribution in [0.25, 0.3) is 0 Å². The van der Waals surface area contributed by atoms with Gasteiger partial charge in [-0.15, -0.1) is 0 Å². The molecule has 0 amide bonds. The fraction of sp³-hybridized carbons (Fsp3) is 0.462. The molecule has 0 N–H and O–H groups in total. The predicted molar refractivity (Wildman–Crippen MR) is 61.9 cm³/mol. The van der Waals surface area contributed by atoms with E-state index in [9.17, 15) is 0 Å². The molecule has 0 bridgehead atoms. The first-order chi connectivity index (χ1) is 7.31. The first-order valence-corrected chi connectivity index (χ1v) is 5.58. The predicted octanol–water partition coefficient (Wildman–Crippen LogP) is 2.52. The Hall–Kier alpha value is -1.49. The number of anilines is 1. The molecule has 1 unspecified atom stereocenters. The van der Waals surface area contributed by atoms with Crippen LogP contribution >= 0.6 is 0 Å². The number of rotatable bonds is 3. The van der Waals surface area contributed by atoms with Crippen LogP contribution in [0.3, 0.4) is 0 Å². The molecule has 1 aromatic rings. The van der Waals surface area contributed by atoms with Crippen LogP contribution in [0.4, 0.5) is 5.69 Å². The third-order valence-electron chi connectivity index (χ3n) is 3.01. The fourth-order valence-electron chi connectivity index (χ4n) is 2.08. The number of nitrogens with zero attached hydrogens (tertiary/aromatic N) is 2. The summed E-state index contributed by atoms with van der Waals surface area (Å²) in [7, 11) is 0. The molecule has 2 heteroatoms. The number of benzene rings is 1. The van der Waals surface area contributed by atoms with Gasteiger partial charge in [-0.1, -0.05) is 32.0 Å². The highest BCUT2D eigenvalue weighted by Crippen LogP contribution is 2.34. The molecule has 1 aromatic carbocycles. The molecule has 1 saturated heterocycles. The summed E-state index contributed by atoms with van der Waals surface area (Å²) in [5.74, 6) is 0. The van der Waals surface area contributed by atoms with E-state index in [1.807, 2.05) is 0 Å². The molecule has 0 radical (unpaired) electrons. The lowest BCUT2D eigenvalue weighted by Gasteiger charge is -2.14. The molecule has 0 spiro atoms. The standard InChI is InChI=1S/C13H16N2/c1-3-10-6-5-7-11(4-2)13(10)15-9-12(15)8-14/h5-7,12H,3-4,9H2,1-2H3. The third-order valence-corrected chi connectivity index (χ3v) is 3.01. The van der Waals surface area contributed by atoms with Crippen molar-refractivity contribution < 1.29 is 0 Å². The molecule has 1 aliphatic rings. The Balaban J connectivity index is 2.39. The van der Waals surface area contributed by atoms with Gasteiger partial charge in [0.25, 0.3) is 0 Å². The number of aryl methyl sites for hydroxylation is 2. The van der Waals surface area contributed by atoms with Crippen LogP contribution in [0.2, 0.25) is 0 Å². The molecule has 2 nitrogen and oxygen atoms in total. The van der Waals surface area contributed by atoms with Crippen LogP contribution < -0.4 is 4.90 Å². The van der Waals surface area contributed by atoms with Gasteiger partial charge in [0, 0.05) is 5.69 Å². The first kappa shape index (κ1) is 10.0. The van der Waals surface area contributed by atoms with Crippen molar-refractivity contribution in [2.75, 3.05) is 11.4 Å². The van der Waals surface area contributed by atoms with Crippen molar-refractivity contribution in [3.8, 4) is 6.07 Å². The summed E-state index contributed by atoms with van der Waals surface area (Å²) < 4.78 is 0. The number of hydrogen-bond acceptors (Lipinski definition) is 2. The molecule has 1 atom stereocenters. The Morgan fingerprint density at radius 1 is 1.33 bits per heavy atom. The van der Waals surface area contributed by atoms with Crippen molar-refractivity contribution in [3.63, 3.8) is 0 Å². The largest absolute Gasteiger partial charge is 0.351 e. The average Bonchev–Trinajstić information content (AvgIpc) is 3.06. The van der Waals surface area contributed by atoms with Gasteiger partial charge >= 0.3 is 0 Å². The Kier molecular flexibility index (Phi) is 2.64. The van der Waals surface area contributed by atoms with Gasteiger partial charge in [-0.3, -0.25) is 0 Å². The number of para-hydroxylation sites is 1. The summed E-state index contributed by atoms with van der Waals surface area (Å²) in [6.07, 6.45) is 2.08. The topological polar surface area (TPSA) is 26.8 Å². The molecule has 15 heavy (non-hydrogen) atoms. The van der Waals surface area contributed by atoms with Gasteiger partial charge in [-0.25, -0.2) is 0 Å². The van der Waals surface area contributed by atoms with Crippen molar-refractivity contribution in [2.24, 2.45) is 0 Å². The van der Waals surface area contributed by atoms with Crippen LogP contribution in [-0.2, 0) is 12.8 Å². The van der Waals surface area contributed by atoms with Crippen LogP contribution in [0.5, 0.6) is 0 Å². The van der Waals surface area contributed by atoms with Crippen molar-refractivity contribution in [1.29, 1.82) is 5.26 Å². The Bertz CT molecular complexity index is 381.